The number of ketones is 1. The number of amides is 1. The molecule has 1 amide bonds. The second-order valence-corrected chi connectivity index (χ2v) is 7.65. The fourth-order valence-corrected chi connectivity index (χ4v) is 3.43. The van der Waals surface area contributed by atoms with Crippen molar-refractivity contribution < 1.29 is 18.4 Å². The number of Topliss-reactive ketones (excluding diaryl/α,β-unsaturated/α-hetero) is 1. The lowest BCUT2D eigenvalue weighted by Gasteiger charge is -2.16. The first-order chi connectivity index (χ1) is 15.3. The van der Waals surface area contributed by atoms with Gasteiger partial charge in [0.15, 0.2) is 5.78 Å². The maximum Gasteiger partial charge on any atom is 0.222 e. The molecule has 0 spiro atoms. The Bertz CT molecular complexity index is 1130. The van der Waals surface area contributed by atoms with Crippen LogP contribution in [-0.2, 0) is 17.8 Å². The van der Waals surface area contributed by atoms with Crippen molar-refractivity contribution in [1.82, 2.24) is 14.9 Å². The summed E-state index contributed by atoms with van der Waals surface area (Å²) in [6.07, 6.45) is 2.52. The lowest BCUT2D eigenvalue weighted by Crippen LogP contribution is -2.25. The van der Waals surface area contributed by atoms with Crippen LogP contribution in [0.25, 0.3) is 11.3 Å². The fraction of sp³-hybridized carbons (Fsp3) is 0.280. The third kappa shape index (κ3) is 5.60. The van der Waals surface area contributed by atoms with Gasteiger partial charge in [-0.15, -0.1) is 0 Å². The highest BCUT2D eigenvalue weighted by Gasteiger charge is 2.13. The molecule has 0 saturated heterocycles. The lowest BCUT2D eigenvalue weighted by atomic mass is 10.0. The number of carbonyl (C=O) groups is 2. The van der Waals surface area contributed by atoms with E-state index >= 15 is 0 Å². The van der Waals surface area contributed by atoms with Crippen molar-refractivity contribution in [3.63, 3.8) is 0 Å². The Hall–Kier alpha value is -3.48. The zero-order valence-corrected chi connectivity index (χ0v) is 18.4. The van der Waals surface area contributed by atoms with Crippen LogP contribution in [-0.4, -0.2) is 33.6 Å². The van der Waals surface area contributed by atoms with E-state index < -0.39 is 11.8 Å². The molecule has 5 nitrogen and oxygen atoms in total. The SMILES string of the molecule is CCC(=O)N(C)Cc1ccc(-c2ccc(C(=O)CCc3ccc(F)nc3C)cn2)c(F)c1. The summed E-state index contributed by atoms with van der Waals surface area (Å²) in [7, 11) is 1.68. The second-order valence-electron chi connectivity index (χ2n) is 7.65. The van der Waals surface area contributed by atoms with E-state index in [1.165, 1.54) is 18.3 Å². The minimum atomic E-state index is -0.543. The Morgan fingerprint density at radius 3 is 2.47 bits per heavy atom. The van der Waals surface area contributed by atoms with Crippen molar-refractivity contribution in [3.05, 3.63) is 82.8 Å². The van der Waals surface area contributed by atoms with Gasteiger partial charge in [-0.2, -0.15) is 4.39 Å². The average molecular weight is 437 g/mol. The average Bonchev–Trinajstić information content (AvgIpc) is 2.78. The highest BCUT2D eigenvalue weighted by Crippen LogP contribution is 2.23. The van der Waals surface area contributed by atoms with E-state index in [1.54, 1.807) is 56.1 Å². The highest BCUT2D eigenvalue weighted by atomic mass is 19.1. The zero-order valence-electron chi connectivity index (χ0n) is 18.4. The fourth-order valence-electron chi connectivity index (χ4n) is 3.43. The molecule has 1 aromatic carbocycles. The van der Waals surface area contributed by atoms with E-state index in [9.17, 15) is 18.4 Å². The Kier molecular flexibility index (Phi) is 7.41. The van der Waals surface area contributed by atoms with Gasteiger partial charge >= 0.3 is 0 Å². The van der Waals surface area contributed by atoms with Gasteiger partial charge in [0.2, 0.25) is 11.9 Å². The number of rotatable bonds is 8. The Morgan fingerprint density at radius 2 is 1.84 bits per heavy atom. The molecular formula is C25H25F2N3O2. The standard InChI is InChI=1S/C25H25F2N3O2/c1-4-25(32)30(3)15-17-5-9-20(21(26)13-17)22-10-6-19(14-28-22)23(31)11-7-18-8-12-24(27)29-16(18)2/h5-6,8-10,12-14H,4,7,11,15H2,1-3H3. The van der Waals surface area contributed by atoms with Gasteiger partial charge in [0.1, 0.15) is 5.82 Å². The quantitative estimate of drug-likeness (QED) is 0.371. The molecule has 0 N–H and O–H groups in total. The van der Waals surface area contributed by atoms with Crippen LogP contribution < -0.4 is 0 Å². The third-order valence-electron chi connectivity index (χ3n) is 5.33. The van der Waals surface area contributed by atoms with Gasteiger partial charge in [-0.1, -0.05) is 19.1 Å². The second kappa shape index (κ2) is 10.2. The molecule has 2 aromatic heterocycles. The smallest absolute Gasteiger partial charge is 0.222 e. The zero-order chi connectivity index (χ0) is 23.3. The maximum absolute atomic E-state index is 14.7. The van der Waals surface area contributed by atoms with Crippen LogP contribution in [0.4, 0.5) is 8.78 Å². The Labute approximate surface area is 186 Å². The first-order valence-corrected chi connectivity index (χ1v) is 10.4. The predicted octanol–water partition coefficient (Wildman–Crippen LogP) is 4.91. The largest absolute Gasteiger partial charge is 0.341 e. The molecule has 3 rings (SSSR count). The lowest BCUT2D eigenvalue weighted by molar-refractivity contribution is -0.130. The summed E-state index contributed by atoms with van der Waals surface area (Å²) >= 11 is 0. The minimum absolute atomic E-state index is 0.0118. The summed E-state index contributed by atoms with van der Waals surface area (Å²) in [5.41, 5.74) is 3.24. The Morgan fingerprint density at radius 1 is 1.06 bits per heavy atom. The van der Waals surface area contributed by atoms with Crippen molar-refractivity contribution in [2.24, 2.45) is 0 Å². The molecular weight excluding hydrogens is 412 g/mol. The molecule has 0 unspecified atom stereocenters. The van der Waals surface area contributed by atoms with Crippen LogP contribution in [0.2, 0.25) is 0 Å². The van der Waals surface area contributed by atoms with Gasteiger partial charge in [0.05, 0.1) is 5.69 Å². The number of aromatic nitrogens is 2. The molecule has 0 aliphatic rings. The summed E-state index contributed by atoms with van der Waals surface area (Å²) < 4.78 is 27.8. The number of benzene rings is 1. The maximum atomic E-state index is 14.7. The van der Waals surface area contributed by atoms with E-state index in [4.69, 9.17) is 0 Å². The van der Waals surface area contributed by atoms with Crippen LogP contribution in [0.1, 0.15) is 46.9 Å². The van der Waals surface area contributed by atoms with Crippen molar-refractivity contribution in [2.45, 2.75) is 39.7 Å². The third-order valence-corrected chi connectivity index (χ3v) is 5.33. The summed E-state index contributed by atoms with van der Waals surface area (Å²) in [6, 6.07) is 10.9. The first-order valence-electron chi connectivity index (χ1n) is 10.4. The minimum Gasteiger partial charge on any atom is -0.341 e. The number of hydrogen-bond donors (Lipinski definition) is 0. The number of carbonyl (C=O) groups excluding carboxylic acids is 2. The Balaban J connectivity index is 1.67. The van der Waals surface area contributed by atoms with Crippen LogP contribution in [0.5, 0.6) is 0 Å². The van der Waals surface area contributed by atoms with Crippen LogP contribution in [0.15, 0.2) is 48.7 Å². The number of nitrogens with zero attached hydrogens (tertiary/aromatic N) is 3. The predicted molar refractivity (Wildman–Crippen MR) is 118 cm³/mol. The van der Waals surface area contributed by atoms with Crippen molar-refractivity contribution in [1.29, 1.82) is 0 Å². The molecule has 0 fully saturated rings. The van der Waals surface area contributed by atoms with Crippen LogP contribution in [0, 0.1) is 18.7 Å². The van der Waals surface area contributed by atoms with Crippen LogP contribution in [0.3, 0.4) is 0 Å². The molecule has 0 bridgehead atoms. The number of hydrogen-bond acceptors (Lipinski definition) is 4. The van der Waals surface area contributed by atoms with Crippen molar-refractivity contribution in [3.8, 4) is 11.3 Å². The van der Waals surface area contributed by atoms with Gasteiger partial charge in [-0.25, -0.2) is 9.37 Å². The van der Waals surface area contributed by atoms with Gasteiger partial charge < -0.3 is 4.90 Å². The molecule has 0 atom stereocenters. The molecule has 3 aromatic rings. The van der Waals surface area contributed by atoms with Crippen molar-refractivity contribution in [2.75, 3.05) is 7.05 Å². The van der Waals surface area contributed by atoms with Gasteiger partial charge in [0.25, 0.3) is 0 Å². The van der Waals surface area contributed by atoms with Gasteiger partial charge in [-0.05, 0) is 54.8 Å². The number of halogens is 2. The van der Waals surface area contributed by atoms with Crippen LogP contribution >= 0.6 is 0 Å². The summed E-state index contributed by atoms with van der Waals surface area (Å²) in [6.45, 7) is 3.82. The molecule has 32 heavy (non-hydrogen) atoms. The molecule has 7 heteroatoms. The molecule has 2 heterocycles. The molecule has 0 aliphatic heterocycles. The number of pyridine rings is 2. The van der Waals surface area contributed by atoms with E-state index in [1.807, 2.05) is 0 Å². The molecule has 0 aliphatic carbocycles. The summed E-state index contributed by atoms with van der Waals surface area (Å²) in [4.78, 5) is 33.8. The van der Waals surface area contributed by atoms with Crippen molar-refractivity contribution >= 4 is 11.7 Å². The first kappa shape index (κ1) is 23.2. The topological polar surface area (TPSA) is 63.2 Å². The van der Waals surface area contributed by atoms with E-state index in [0.717, 1.165) is 5.56 Å². The van der Waals surface area contributed by atoms with Gasteiger partial charge in [0, 0.05) is 49.5 Å². The highest BCUT2D eigenvalue weighted by molar-refractivity contribution is 5.96. The molecule has 166 valence electrons. The van der Waals surface area contributed by atoms with E-state index in [2.05, 4.69) is 9.97 Å². The molecule has 0 radical (unpaired) electrons. The monoisotopic (exact) mass is 437 g/mol. The normalized spacial score (nSPS) is 10.8. The number of aryl methyl sites for hydroxylation is 2. The summed E-state index contributed by atoms with van der Waals surface area (Å²) in [5, 5.41) is 0. The van der Waals surface area contributed by atoms with Gasteiger partial charge in [-0.3, -0.25) is 14.6 Å². The van der Waals surface area contributed by atoms with E-state index in [0.29, 0.717) is 47.5 Å². The summed E-state index contributed by atoms with van der Waals surface area (Å²) in [5.74, 6) is -1.10. The van der Waals surface area contributed by atoms with E-state index in [-0.39, 0.29) is 18.1 Å². The molecule has 0 saturated carbocycles.